The number of piperazine rings is 1. The zero-order chi connectivity index (χ0) is 17.6. The highest BCUT2D eigenvalue weighted by molar-refractivity contribution is 7.20. The number of hydrogen-bond donors (Lipinski definition) is 1. The minimum atomic E-state index is 0.142. The average molecular weight is 379 g/mol. The summed E-state index contributed by atoms with van der Waals surface area (Å²) in [4.78, 5) is 22.7. The molecule has 0 spiro atoms. The topological polar surface area (TPSA) is 48.5 Å². The first-order valence-corrected chi connectivity index (χ1v) is 10.6. The van der Waals surface area contributed by atoms with Gasteiger partial charge in [-0.15, -0.1) is 22.7 Å². The maximum Gasteiger partial charge on any atom is 0.234 e. The molecule has 1 aliphatic heterocycles. The van der Waals surface area contributed by atoms with Crippen molar-refractivity contribution >= 4 is 28.6 Å². The van der Waals surface area contributed by atoms with E-state index in [4.69, 9.17) is 4.98 Å². The molecule has 5 nitrogen and oxygen atoms in total. The van der Waals surface area contributed by atoms with Crippen LogP contribution in [-0.2, 0) is 11.3 Å². The molecular formula is C18H26N4OS2. The number of rotatable bonds is 7. The fraction of sp³-hybridized carbons (Fsp3) is 0.556. The van der Waals surface area contributed by atoms with Crippen LogP contribution in [0.15, 0.2) is 22.9 Å². The number of thiophene rings is 1. The standard InChI is InChI=1S/C18H26N4OS2/c1-3-14(2)19-17(23)12-22-8-6-21(7-9-22)11-15-13-25-18(20-15)16-5-4-10-24-16/h4-5,10,13-14H,3,6-9,11-12H2,1-2H3,(H,19,23). The molecule has 0 radical (unpaired) electrons. The molecule has 1 atom stereocenters. The molecule has 0 saturated carbocycles. The van der Waals surface area contributed by atoms with Crippen molar-refractivity contribution in [2.45, 2.75) is 32.9 Å². The molecule has 2 aromatic rings. The number of nitrogens with zero attached hydrogens (tertiary/aromatic N) is 3. The van der Waals surface area contributed by atoms with Crippen molar-refractivity contribution in [2.24, 2.45) is 0 Å². The van der Waals surface area contributed by atoms with Gasteiger partial charge >= 0.3 is 0 Å². The maximum absolute atomic E-state index is 12.0. The molecule has 1 saturated heterocycles. The number of hydrogen-bond acceptors (Lipinski definition) is 6. The van der Waals surface area contributed by atoms with E-state index in [2.05, 4.69) is 44.9 Å². The predicted octanol–water partition coefficient (Wildman–Crippen LogP) is 2.90. The molecule has 136 valence electrons. The molecule has 1 fully saturated rings. The van der Waals surface area contributed by atoms with Crippen molar-refractivity contribution in [1.82, 2.24) is 20.1 Å². The van der Waals surface area contributed by atoms with Crippen LogP contribution in [0.5, 0.6) is 0 Å². The van der Waals surface area contributed by atoms with Gasteiger partial charge in [-0.3, -0.25) is 14.6 Å². The Labute approximate surface area is 157 Å². The van der Waals surface area contributed by atoms with Crippen LogP contribution < -0.4 is 5.32 Å². The van der Waals surface area contributed by atoms with Crippen molar-refractivity contribution in [3.63, 3.8) is 0 Å². The maximum atomic E-state index is 12.0. The third kappa shape index (κ3) is 5.34. The second kappa shape index (κ2) is 8.89. The van der Waals surface area contributed by atoms with Crippen LogP contribution in [0.4, 0.5) is 0 Å². The average Bonchev–Trinajstić information content (AvgIpc) is 3.27. The van der Waals surface area contributed by atoms with Crippen molar-refractivity contribution in [3.8, 4) is 9.88 Å². The molecule has 0 aliphatic carbocycles. The summed E-state index contributed by atoms with van der Waals surface area (Å²) in [6.45, 7) is 9.41. The van der Waals surface area contributed by atoms with E-state index in [1.54, 1.807) is 22.7 Å². The molecule has 3 heterocycles. The van der Waals surface area contributed by atoms with Crippen molar-refractivity contribution in [1.29, 1.82) is 0 Å². The van der Waals surface area contributed by atoms with Crippen LogP contribution in [0.1, 0.15) is 26.0 Å². The van der Waals surface area contributed by atoms with Crippen LogP contribution in [0.2, 0.25) is 0 Å². The predicted molar refractivity (Wildman–Crippen MR) is 105 cm³/mol. The summed E-state index contributed by atoms with van der Waals surface area (Å²) >= 11 is 3.46. The van der Waals surface area contributed by atoms with E-state index >= 15 is 0 Å². The van der Waals surface area contributed by atoms with Crippen molar-refractivity contribution in [2.75, 3.05) is 32.7 Å². The third-order valence-corrected chi connectivity index (χ3v) is 6.45. The highest BCUT2D eigenvalue weighted by atomic mass is 32.1. The Bertz CT molecular complexity index is 662. The summed E-state index contributed by atoms with van der Waals surface area (Å²) in [6, 6.07) is 4.45. The van der Waals surface area contributed by atoms with Gasteiger partial charge in [0.25, 0.3) is 0 Å². The third-order valence-electron chi connectivity index (χ3n) is 4.52. The largest absolute Gasteiger partial charge is 0.353 e. The first-order chi connectivity index (χ1) is 12.1. The van der Waals surface area contributed by atoms with Gasteiger partial charge < -0.3 is 5.32 Å². The first-order valence-electron chi connectivity index (χ1n) is 8.86. The molecule has 2 aromatic heterocycles. The zero-order valence-corrected chi connectivity index (χ0v) is 16.5. The fourth-order valence-electron chi connectivity index (χ4n) is 2.85. The van der Waals surface area contributed by atoms with E-state index in [1.807, 2.05) is 6.92 Å². The second-order valence-corrected chi connectivity index (χ2v) is 8.36. The Balaban J connectivity index is 1.43. The van der Waals surface area contributed by atoms with Crippen LogP contribution in [0.25, 0.3) is 9.88 Å². The summed E-state index contributed by atoms with van der Waals surface area (Å²) in [5.74, 6) is 0.142. The number of nitrogens with one attached hydrogen (secondary N) is 1. The lowest BCUT2D eigenvalue weighted by Crippen LogP contribution is -2.49. The van der Waals surface area contributed by atoms with E-state index in [0.717, 1.165) is 49.8 Å². The molecule has 0 bridgehead atoms. The summed E-state index contributed by atoms with van der Waals surface area (Å²) in [5, 5.41) is 8.42. The minimum absolute atomic E-state index is 0.142. The van der Waals surface area contributed by atoms with Gasteiger partial charge in [0.05, 0.1) is 17.1 Å². The van der Waals surface area contributed by atoms with Crippen LogP contribution >= 0.6 is 22.7 Å². The van der Waals surface area contributed by atoms with E-state index in [-0.39, 0.29) is 11.9 Å². The number of thiazole rings is 1. The van der Waals surface area contributed by atoms with Crippen molar-refractivity contribution < 1.29 is 4.79 Å². The number of carbonyl (C=O) groups is 1. The Morgan fingerprint density at radius 2 is 2.04 bits per heavy atom. The van der Waals surface area contributed by atoms with Gasteiger partial charge in [0, 0.05) is 44.1 Å². The molecule has 3 rings (SSSR count). The lowest BCUT2D eigenvalue weighted by molar-refractivity contribution is -0.123. The highest BCUT2D eigenvalue weighted by Gasteiger charge is 2.20. The van der Waals surface area contributed by atoms with E-state index in [0.29, 0.717) is 6.54 Å². The monoisotopic (exact) mass is 378 g/mol. The van der Waals surface area contributed by atoms with Gasteiger partial charge in [0.15, 0.2) is 0 Å². The summed E-state index contributed by atoms with van der Waals surface area (Å²) in [6.07, 6.45) is 0.973. The van der Waals surface area contributed by atoms with Gasteiger partial charge in [0.2, 0.25) is 5.91 Å². The SMILES string of the molecule is CCC(C)NC(=O)CN1CCN(Cc2csc(-c3cccs3)n2)CC1. The first kappa shape index (κ1) is 18.5. The normalized spacial score (nSPS) is 17.5. The Kier molecular flexibility index (Phi) is 6.58. The molecule has 1 N–H and O–H groups in total. The molecule has 1 amide bonds. The summed E-state index contributed by atoms with van der Waals surface area (Å²) in [5.41, 5.74) is 1.15. The Morgan fingerprint density at radius 1 is 1.28 bits per heavy atom. The Morgan fingerprint density at radius 3 is 2.72 bits per heavy atom. The number of amides is 1. The quantitative estimate of drug-likeness (QED) is 0.805. The minimum Gasteiger partial charge on any atom is -0.353 e. The molecule has 0 aromatic carbocycles. The fourth-order valence-corrected chi connectivity index (χ4v) is 4.48. The smallest absolute Gasteiger partial charge is 0.234 e. The van der Waals surface area contributed by atoms with Crippen molar-refractivity contribution in [3.05, 3.63) is 28.6 Å². The number of aromatic nitrogens is 1. The second-order valence-electron chi connectivity index (χ2n) is 6.55. The lowest BCUT2D eigenvalue weighted by atomic mass is 10.2. The molecule has 1 aliphatic rings. The van der Waals surface area contributed by atoms with Gasteiger partial charge in [-0.05, 0) is 24.8 Å². The summed E-state index contributed by atoms with van der Waals surface area (Å²) in [7, 11) is 0. The lowest BCUT2D eigenvalue weighted by Gasteiger charge is -2.34. The number of carbonyl (C=O) groups excluding carboxylic acids is 1. The van der Waals surface area contributed by atoms with Crippen LogP contribution in [0, 0.1) is 0 Å². The van der Waals surface area contributed by atoms with E-state index in [1.165, 1.54) is 4.88 Å². The molecular weight excluding hydrogens is 352 g/mol. The molecule has 7 heteroatoms. The van der Waals surface area contributed by atoms with Gasteiger partial charge in [-0.1, -0.05) is 13.0 Å². The van der Waals surface area contributed by atoms with Gasteiger partial charge in [0.1, 0.15) is 5.01 Å². The highest BCUT2D eigenvalue weighted by Crippen LogP contribution is 2.28. The van der Waals surface area contributed by atoms with E-state index < -0.39 is 0 Å². The van der Waals surface area contributed by atoms with Gasteiger partial charge in [-0.2, -0.15) is 0 Å². The Hall–Kier alpha value is -1.28. The van der Waals surface area contributed by atoms with Crippen LogP contribution in [0.3, 0.4) is 0 Å². The van der Waals surface area contributed by atoms with Gasteiger partial charge in [-0.25, -0.2) is 4.98 Å². The van der Waals surface area contributed by atoms with E-state index in [9.17, 15) is 4.79 Å². The zero-order valence-electron chi connectivity index (χ0n) is 14.9. The summed E-state index contributed by atoms with van der Waals surface area (Å²) < 4.78 is 0. The molecule has 1 unspecified atom stereocenters. The van der Waals surface area contributed by atoms with Crippen LogP contribution in [-0.4, -0.2) is 59.5 Å². The molecule has 25 heavy (non-hydrogen) atoms.